The fourth-order valence-corrected chi connectivity index (χ4v) is 3.60. The van der Waals surface area contributed by atoms with E-state index in [-0.39, 0.29) is 18.2 Å². The van der Waals surface area contributed by atoms with Crippen molar-refractivity contribution >= 4 is 21.4 Å². The molecule has 0 aliphatic rings. The van der Waals surface area contributed by atoms with Gasteiger partial charge < -0.3 is 10.1 Å². The van der Waals surface area contributed by atoms with Gasteiger partial charge >= 0.3 is 0 Å². The lowest BCUT2D eigenvalue weighted by Gasteiger charge is -2.14. The van der Waals surface area contributed by atoms with Crippen LogP contribution in [0.4, 0.5) is 0 Å². The van der Waals surface area contributed by atoms with Crippen LogP contribution in [-0.2, 0) is 16.6 Å². The van der Waals surface area contributed by atoms with E-state index in [2.05, 4.69) is 21.8 Å². The first-order chi connectivity index (χ1) is 10.0. The minimum atomic E-state index is -3.55. The van der Waals surface area contributed by atoms with E-state index in [0.717, 1.165) is 10.4 Å². The van der Waals surface area contributed by atoms with E-state index in [1.165, 1.54) is 35.2 Å². The molecule has 112 valence electrons. The summed E-state index contributed by atoms with van der Waals surface area (Å²) in [5.41, 5.74) is 0.829. The molecule has 6 nitrogen and oxygen atoms in total. The third kappa shape index (κ3) is 3.92. The Bertz CT molecular complexity index is 739. The van der Waals surface area contributed by atoms with Gasteiger partial charge in [0.25, 0.3) is 10.0 Å². The molecule has 0 aliphatic carbocycles. The number of sulfonamides is 1. The summed E-state index contributed by atoms with van der Waals surface area (Å²) in [7, 11) is -2.03. The van der Waals surface area contributed by atoms with Crippen molar-refractivity contribution in [3.05, 3.63) is 34.4 Å². The Morgan fingerprint density at radius 3 is 3.00 bits per heavy atom. The maximum Gasteiger partial charge on any atom is 0.260 e. The predicted octanol–water partition coefficient (Wildman–Crippen LogP) is 1.03. The molecular weight excluding hydrogens is 310 g/mol. The normalized spacial score (nSPS) is 11.4. The number of aromatic nitrogens is 2. The average Bonchev–Trinajstić information content (AvgIpc) is 3.10. The van der Waals surface area contributed by atoms with Gasteiger partial charge in [0.1, 0.15) is 0 Å². The van der Waals surface area contributed by atoms with Crippen molar-refractivity contribution in [2.45, 2.75) is 18.0 Å². The summed E-state index contributed by atoms with van der Waals surface area (Å²) in [4.78, 5) is 7.22. The monoisotopic (exact) mass is 325 g/mol. The van der Waals surface area contributed by atoms with Crippen molar-refractivity contribution in [2.24, 2.45) is 0 Å². The Hall–Kier alpha value is -1.66. The number of hydrogen-bond acceptors (Lipinski definition) is 5. The van der Waals surface area contributed by atoms with Crippen molar-refractivity contribution in [2.75, 3.05) is 13.7 Å². The first kappa shape index (κ1) is 15.7. The maximum atomic E-state index is 12.2. The van der Waals surface area contributed by atoms with E-state index >= 15 is 0 Å². The number of nitrogens with zero attached hydrogens (tertiary/aromatic N) is 2. The van der Waals surface area contributed by atoms with Crippen LogP contribution in [0, 0.1) is 11.8 Å². The van der Waals surface area contributed by atoms with Crippen LogP contribution in [0.2, 0.25) is 0 Å². The van der Waals surface area contributed by atoms with Gasteiger partial charge in [0, 0.05) is 35.8 Å². The topological polar surface area (TPSA) is 86.3 Å². The number of rotatable bonds is 5. The zero-order chi connectivity index (χ0) is 15.3. The number of aliphatic hydroxyl groups is 1. The van der Waals surface area contributed by atoms with Gasteiger partial charge in [0.15, 0.2) is 5.03 Å². The summed E-state index contributed by atoms with van der Waals surface area (Å²) in [6, 6.07) is 1.86. The molecule has 2 N–H and O–H groups in total. The first-order valence-electron chi connectivity index (χ1n) is 6.16. The molecule has 0 bridgehead atoms. The Kier molecular flexibility index (Phi) is 5.14. The van der Waals surface area contributed by atoms with E-state index in [0.29, 0.717) is 6.42 Å². The molecule has 0 saturated heterocycles. The highest BCUT2D eigenvalue weighted by atomic mass is 32.2. The molecule has 2 rings (SSSR count). The second kappa shape index (κ2) is 6.87. The molecule has 2 heterocycles. The summed E-state index contributed by atoms with van der Waals surface area (Å²) in [6.45, 7) is 0.308. The van der Waals surface area contributed by atoms with Gasteiger partial charge in [0.05, 0.1) is 19.1 Å². The van der Waals surface area contributed by atoms with Gasteiger partial charge in [-0.15, -0.1) is 11.3 Å². The standard InChI is InChI=1S/C13H15N3O3S2/c1-16(21(18,19)13-7-14-10-15-13)8-12-6-11(9-20-12)4-2-3-5-17/h6-7,9-10,17H,3,5,8H2,1H3,(H,14,15). The van der Waals surface area contributed by atoms with Crippen molar-refractivity contribution in [1.29, 1.82) is 0 Å². The van der Waals surface area contributed by atoms with E-state index in [1.807, 2.05) is 11.4 Å². The highest BCUT2D eigenvalue weighted by Gasteiger charge is 2.22. The number of thiophene rings is 1. The minimum absolute atomic E-state index is 0.0369. The van der Waals surface area contributed by atoms with E-state index in [9.17, 15) is 8.42 Å². The lowest BCUT2D eigenvalue weighted by atomic mass is 10.3. The number of imidazole rings is 1. The van der Waals surface area contributed by atoms with Crippen LogP contribution >= 0.6 is 11.3 Å². The maximum absolute atomic E-state index is 12.2. The Labute approximate surface area is 127 Å². The average molecular weight is 325 g/mol. The lowest BCUT2D eigenvalue weighted by Crippen LogP contribution is -2.26. The molecule has 0 saturated carbocycles. The van der Waals surface area contributed by atoms with Crippen LogP contribution in [0.3, 0.4) is 0 Å². The molecule has 0 aromatic carbocycles. The van der Waals surface area contributed by atoms with Crippen molar-refractivity contribution < 1.29 is 13.5 Å². The molecule has 21 heavy (non-hydrogen) atoms. The molecule has 2 aromatic rings. The summed E-state index contributed by atoms with van der Waals surface area (Å²) >= 11 is 1.45. The SMILES string of the molecule is CN(Cc1cc(C#CCCO)cs1)S(=O)(=O)c1cnc[nH]1. The molecule has 0 amide bonds. The van der Waals surface area contributed by atoms with Crippen LogP contribution < -0.4 is 0 Å². The third-order valence-electron chi connectivity index (χ3n) is 2.66. The largest absolute Gasteiger partial charge is 0.395 e. The zero-order valence-corrected chi connectivity index (χ0v) is 13.0. The van der Waals surface area contributed by atoms with E-state index in [4.69, 9.17) is 5.11 Å². The third-order valence-corrected chi connectivity index (χ3v) is 5.31. The predicted molar refractivity (Wildman–Crippen MR) is 80.1 cm³/mol. The van der Waals surface area contributed by atoms with Gasteiger partial charge in [-0.05, 0) is 6.07 Å². The van der Waals surface area contributed by atoms with Gasteiger partial charge in [-0.3, -0.25) is 0 Å². The molecule has 0 radical (unpaired) electrons. The zero-order valence-electron chi connectivity index (χ0n) is 11.4. The number of aromatic amines is 1. The Morgan fingerprint density at radius 1 is 1.52 bits per heavy atom. The van der Waals surface area contributed by atoms with Crippen LogP contribution in [0.1, 0.15) is 16.9 Å². The number of H-pyrrole nitrogens is 1. The molecule has 0 unspecified atom stereocenters. The highest BCUT2D eigenvalue weighted by molar-refractivity contribution is 7.89. The molecular formula is C13H15N3O3S2. The van der Waals surface area contributed by atoms with Gasteiger partial charge in [-0.2, -0.15) is 4.31 Å². The molecule has 0 fully saturated rings. The quantitative estimate of drug-likeness (QED) is 0.804. The van der Waals surface area contributed by atoms with E-state index in [1.54, 1.807) is 0 Å². The fourth-order valence-electron chi connectivity index (χ4n) is 1.61. The summed E-state index contributed by atoms with van der Waals surface area (Å²) < 4.78 is 25.7. The first-order valence-corrected chi connectivity index (χ1v) is 8.48. The lowest BCUT2D eigenvalue weighted by molar-refractivity contribution is 0.305. The molecule has 0 aliphatic heterocycles. The van der Waals surface area contributed by atoms with Crippen LogP contribution in [0.5, 0.6) is 0 Å². The molecule has 0 spiro atoms. The van der Waals surface area contributed by atoms with Crippen LogP contribution in [0.15, 0.2) is 29.0 Å². The fraction of sp³-hybridized carbons (Fsp3) is 0.308. The number of aliphatic hydroxyl groups excluding tert-OH is 1. The number of nitrogens with one attached hydrogen (secondary N) is 1. The smallest absolute Gasteiger partial charge is 0.260 e. The Morgan fingerprint density at radius 2 is 2.33 bits per heavy atom. The van der Waals surface area contributed by atoms with Crippen LogP contribution in [-0.4, -0.2) is 41.5 Å². The second-order valence-corrected chi connectivity index (χ2v) is 7.26. The molecule has 2 aromatic heterocycles. The van der Waals surface area contributed by atoms with E-state index < -0.39 is 10.0 Å². The summed E-state index contributed by atoms with van der Waals surface area (Å²) in [5.74, 6) is 5.75. The second-order valence-electron chi connectivity index (χ2n) is 4.25. The number of hydrogen-bond donors (Lipinski definition) is 2. The Balaban J connectivity index is 2.07. The minimum Gasteiger partial charge on any atom is -0.395 e. The van der Waals surface area contributed by atoms with Crippen molar-refractivity contribution in [3.63, 3.8) is 0 Å². The van der Waals surface area contributed by atoms with Crippen LogP contribution in [0.25, 0.3) is 0 Å². The molecule has 8 heteroatoms. The summed E-state index contributed by atoms with van der Waals surface area (Å²) in [5, 5.41) is 10.6. The molecule has 0 atom stereocenters. The van der Waals surface area contributed by atoms with Crippen molar-refractivity contribution in [3.8, 4) is 11.8 Å². The van der Waals surface area contributed by atoms with Gasteiger partial charge in [-0.1, -0.05) is 11.8 Å². The highest BCUT2D eigenvalue weighted by Crippen LogP contribution is 2.19. The van der Waals surface area contributed by atoms with Gasteiger partial charge in [-0.25, -0.2) is 13.4 Å². The van der Waals surface area contributed by atoms with Gasteiger partial charge in [0.2, 0.25) is 0 Å². The van der Waals surface area contributed by atoms with Crippen molar-refractivity contribution in [1.82, 2.24) is 14.3 Å². The summed E-state index contributed by atoms with van der Waals surface area (Å²) in [6.07, 6.45) is 3.05.